The van der Waals surface area contributed by atoms with E-state index in [0.29, 0.717) is 23.9 Å². The molecule has 0 bridgehead atoms. The summed E-state index contributed by atoms with van der Waals surface area (Å²) in [7, 11) is 0. The number of urea groups is 1. The van der Waals surface area contributed by atoms with Gasteiger partial charge in [-0.05, 0) is 36.8 Å². The van der Waals surface area contributed by atoms with Gasteiger partial charge in [0.2, 0.25) is 0 Å². The molecular weight excluding hydrogens is 302 g/mol. The Morgan fingerprint density at radius 3 is 3.19 bits per heavy atom. The number of hydrogen-bond acceptors (Lipinski definition) is 4. The van der Waals surface area contributed by atoms with Crippen molar-refractivity contribution in [1.82, 2.24) is 15.5 Å². The maximum Gasteiger partial charge on any atom is 0.317 e. The predicted octanol–water partition coefficient (Wildman–Crippen LogP) is 3.07. The van der Waals surface area contributed by atoms with Crippen LogP contribution in [0.3, 0.4) is 0 Å². The molecule has 0 spiro atoms. The number of fused-ring (bicyclic) bond motifs is 1. The first-order valence-electron chi connectivity index (χ1n) is 7.70. The predicted molar refractivity (Wildman–Crippen MR) is 89.2 cm³/mol. The summed E-state index contributed by atoms with van der Waals surface area (Å²) in [6.07, 6.45) is 2.22. The van der Waals surface area contributed by atoms with Gasteiger partial charge < -0.3 is 15.5 Å². The van der Waals surface area contributed by atoms with Crippen molar-refractivity contribution in [2.24, 2.45) is 0 Å². The van der Waals surface area contributed by atoms with Crippen LogP contribution in [0.15, 0.2) is 15.7 Å². The molecule has 2 aliphatic heterocycles. The molecule has 3 atom stereocenters. The molecule has 3 heterocycles. The van der Waals surface area contributed by atoms with Gasteiger partial charge in [0.25, 0.3) is 0 Å². The van der Waals surface area contributed by atoms with E-state index in [2.05, 4.69) is 29.0 Å². The second-order valence-electron chi connectivity index (χ2n) is 5.81. The van der Waals surface area contributed by atoms with Crippen LogP contribution in [0.25, 0.3) is 0 Å². The van der Waals surface area contributed by atoms with Gasteiger partial charge in [-0.15, -0.1) is 23.1 Å². The van der Waals surface area contributed by atoms with Gasteiger partial charge in [-0.2, -0.15) is 0 Å². The van der Waals surface area contributed by atoms with Gasteiger partial charge in [-0.3, -0.25) is 0 Å². The second kappa shape index (κ2) is 6.58. The van der Waals surface area contributed by atoms with Crippen LogP contribution in [0.1, 0.15) is 38.3 Å². The number of rotatable bonds is 3. The molecule has 2 N–H and O–H groups in total. The molecule has 2 aliphatic rings. The Bertz CT molecular complexity index is 505. The Morgan fingerprint density at radius 2 is 2.38 bits per heavy atom. The Kier molecular flexibility index (Phi) is 4.76. The number of thioether (sulfide) groups is 1. The highest BCUT2D eigenvalue weighted by Crippen LogP contribution is 2.44. The zero-order valence-electron chi connectivity index (χ0n) is 12.6. The molecule has 1 fully saturated rings. The lowest BCUT2D eigenvalue weighted by Gasteiger charge is -2.30. The second-order valence-corrected chi connectivity index (χ2v) is 8.44. The smallest absolute Gasteiger partial charge is 0.317 e. The quantitative estimate of drug-likeness (QED) is 0.898. The molecule has 0 radical (unpaired) electrons. The number of hydrogen-bond donors (Lipinski definition) is 2. The van der Waals surface area contributed by atoms with Crippen LogP contribution in [0.5, 0.6) is 0 Å². The first-order valence-corrected chi connectivity index (χ1v) is 9.46. The summed E-state index contributed by atoms with van der Waals surface area (Å²) in [6, 6.07) is 3.19. The Morgan fingerprint density at radius 1 is 1.52 bits per heavy atom. The largest absolute Gasteiger partial charge is 0.338 e. The fourth-order valence-electron chi connectivity index (χ4n) is 3.14. The molecule has 1 saturated heterocycles. The SMILES string of the molecule is CCNC(=O)N1CC[C@@H](N[C@@H]2C[C@H](C)Sc3sccc32)C1. The van der Waals surface area contributed by atoms with E-state index in [-0.39, 0.29) is 6.03 Å². The van der Waals surface area contributed by atoms with Crippen molar-refractivity contribution in [1.29, 1.82) is 0 Å². The van der Waals surface area contributed by atoms with Crippen molar-refractivity contribution in [2.45, 2.75) is 48.2 Å². The lowest BCUT2D eigenvalue weighted by molar-refractivity contribution is 0.208. The van der Waals surface area contributed by atoms with Crippen LogP contribution < -0.4 is 10.6 Å². The van der Waals surface area contributed by atoms with Crippen molar-refractivity contribution in [3.8, 4) is 0 Å². The first-order chi connectivity index (χ1) is 10.2. The molecule has 3 rings (SSSR count). The van der Waals surface area contributed by atoms with Crippen molar-refractivity contribution < 1.29 is 4.79 Å². The molecule has 6 heteroatoms. The lowest BCUT2D eigenvalue weighted by Crippen LogP contribution is -2.42. The summed E-state index contributed by atoms with van der Waals surface area (Å²) in [4.78, 5) is 13.8. The molecule has 21 heavy (non-hydrogen) atoms. The highest BCUT2D eigenvalue weighted by molar-refractivity contribution is 8.01. The highest BCUT2D eigenvalue weighted by atomic mass is 32.2. The summed E-state index contributed by atoms with van der Waals surface area (Å²) in [5.74, 6) is 0. The van der Waals surface area contributed by atoms with Crippen molar-refractivity contribution in [2.75, 3.05) is 19.6 Å². The molecular formula is C15H23N3OS2. The minimum absolute atomic E-state index is 0.0746. The van der Waals surface area contributed by atoms with Gasteiger partial charge in [0.15, 0.2) is 0 Å². The zero-order valence-corrected chi connectivity index (χ0v) is 14.2. The molecule has 4 nitrogen and oxygen atoms in total. The minimum atomic E-state index is 0.0746. The highest BCUT2D eigenvalue weighted by Gasteiger charge is 2.31. The third-order valence-corrected chi connectivity index (χ3v) is 6.49. The van der Waals surface area contributed by atoms with E-state index in [0.717, 1.165) is 19.5 Å². The third-order valence-electron chi connectivity index (χ3n) is 4.15. The third kappa shape index (κ3) is 3.38. The number of amides is 2. The Labute approximate surface area is 134 Å². The lowest BCUT2D eigenvalue weighted by atomic mass is 10.0. The summed E-state index contributed by atoms with van der Waals surface area (Å²) >= 11 is 3.85. The van der Waals surface area contributed by atoms with E-state index in [1.54, 1.807) is 0 Å². The number of nitrogens with zero attached hydrogens (tertiary/aromatic N) is 1. The molecule has 0 saturated carbocycles. The summed E-state index contributed by atoms with van der Waals surface area (Å²) in [5, 5.41) is 9.53. The van der Waals surface area contributed by atoms with E-state index in [1.165, 1.54) is 16.2 Å². The van der Waals surface area contributed by atoms with E-state index >= 15 is 0 Å². The normalized spacial score (nSPS) is 28.5. The van der Waals surface area contributed by atoms with Gasteiger partial charge >= 0.3 is 6.03 Å². The maximum atomic E-state index is 11.9. The number of likely N-dealkylation sites (tertiary alicyclic amines) is 1. The summed E-state index contributed by atoms with van der Waals surface area (Å²) in [5.41, 5.74) is 1.46. The van der Waals surface area contributed by atoms with Crippen LogP contribution >= 0.6 is 23.1 Å². The van der Waals surface area contributed by atoms with Gasteiger partial charge in [-0.25, -0.2) is 4.79 Å². The first kappa shape index (κ1) is 15.2. The van der Waals surface area contributed by atoms with Gasteiger partial charge in [-0.1, -0.05) is 6.92 Å². The van der Waals surface area contributed by atoms with Crippen LogP contribution in [0.2, 0.25) is 0 Å². The molecule has 0 aromatic carbocycles. The summed E-state index contributed by atoms with van der Waals surface area (Å²) < 4.78 is 1.46. The fourth-order valence-corrected chi connectivity index (χ4v) is 5.70. The minimum Gasteiger partial charge on any atom is -0.338 e. The average Bonchev–Trinajstić information content (AvgIpc) is 3.07. The van der Waals surface area contributed by atoms with Crippen LogP contribution in [0.4, 0.5) is 4.79 Å². The molecule has 0 aliphatic carbocycles. The van der Waals surface area contributed by atoms with Crippen LogP contribution in [-0.2, 0) is 0 Å². The molecule has 0 unspecified atom stereocenters. The van der Waals surface area contributed by atoms with Crippen LogP contribution in [0, 0.1) is 0 Å². The van der Waals surface area contributed by atoms with Gasteiger partial charge in [0, 0.05) is 37.0 Å². The summed E-state index contributed by atoms with van der Waals surface area (Å²) in [6.45, 7) is 6.64. The van der Waals surface area contributed by atoms with Crippen molar-refractivity contribution in [3.05, 3.63) is 17.0 Å². The molecule has 116 valence electrons. The van der Waals surface area contributed by atoms with E-state index in [1.807, 2.05) is 34.9 Å². The van der Waals surface area contributed by atoms with Crippen molar-refractivity contribution in [3.63, 3.8) is 0 Å². The molecule has 2 amide bonds. The van der Waals surface area contributed by atoms with E-state index in [9.17, 15) is 4.79 Å². The number of nitrogens with one attached hydrogen (secondary N) is 2. The number of carbonyl (C=O) groups is 1. The molecule has 1 aromatic heterocycles. The van der Waals surface area contributed by atoms with Gasteiger partial charge in [0.05, 0.1) is 4.21 Å². The maximum absolute atomic E-state index is 11.9. The monoisotopic (exact) mass is 325 g/mol. The Hall–Kier alpha value is -0.720. The zero-order chi connectivity index (χ0) is 14.8. The van der Waals surface area contributed by atoms with Crippen LogP contribution in [-0.4, -0.2) is 41.9 Å². The average molecular weight is 326 g/mol. The fraction of sp³-hybridized carbons (Fsp3) is 0.667. The molecule has 1 aromatic rings. The topological polar surface area (TPSA) is 44.4 Å². The number of carbonyl (C=O) groups excluding carboxylic acids is 1. The van der Waals surface area contributed by atoms with Crippen molar-refractivity contribution >= 4 is 29.1 Å². The van der Waals surface area contributed by atoms with E-state index < -0.39 is 0 Å². The number of thiophene rings is 1. The Balaban J connectivity index is 1.60. The van der Waals surface area contributed by atoms with E-state index in [4.69, 9.17) is 0 Å². The standard InChI is InChI=1S/C15H23N3OS2/c1-3-16-15(19)18-6-4-11(9-18)17-13-8-10(2)21-14-12(13)5-7-20-14/h5,7,10-11,13,17H,3-4,6,8-9H2,1-2H3,(H,16,19)/t10-,11+,13+/m0/s1. The van der Waals surface area contributed by atoms with Gasteiger partial charge in [0.1, 0.15) is 0 Å².